The largest absolute Gasteiger partial charge is 0.335 e. The Labute approximate surface area is 160 Å². The second-order valence-electron chi connectivity index (χ2n) is 5.75. The highest BCUT2D eigenvalue weighted by atomic mass is 35.5. The summed E-state index contributed by atoms with van der Waals surface area (Å²) in [6, 6.07) is 11.0. The first-order valence-electron chi connectivity index (χ1n) is 7.75. The quantitative estimate of drug-likeness (QED) is 0.665. The summed E-state index contributed by atoms with van der Waals surface area (Å²) in [6.07, 6.45) is 0. The van der Waals surface area contributed by atoms with E-state index in [0.29, 0.717) is 21.6 Å². The number of aryl methyl sites for hydroxylation is 1. The molecule has 0 aliphatic rings. The van der Waals surface area contributed by atoms with Gasteiger partial charge in [-0.05, 0) is 42.8 Å². The molecular weight excluding hydrogens is 378 g/mol. The van der Waals surface area contributed by atoms with Crippen LogP contribution in [0.5, 0.6) is 0 Å². The van der Waals surface area contributed by atoms with Crippen molar-refractivity contribution in [1.82, 2.24) is 19.7 Å². The van der Waals surface area contributed by atoms with Gasteiger partial charge in [-0.25, -0.2) is 14.1 Å². The van der Waals surface area contributed by atoms with Crippen molar-refractivity contribution < 1.29 is 9.18 Å². The van der Waals surface area contributed by atoms with E-state index in [0.717, 1.165) is 5.56 Å². The predicted octanol–water partition coefficient (Wildman–Crippen LogP) is 4.29. The molecule has 1 amide bonds. The summed E-state index contributed by atoms with van der Waals surface area (Å²) in [5.41, 5.74) is 1.35. The summed E-state index contributed by atoms with van der Waals surface area (Å²) in [4.78, 5) is 18.3. The van der Waals surface area contributed by atoms with Crippen molar-refractivity contribution in [2.75, 3.05) is 7.05 Å². The van der Waals surface area contributed by atoms with Gasteiger partial charge in [0.1, 0.15) is 11.6 Å². The first kappa shape index (κ1) is 18.4. The van der Waals surface area contributed by atoms with Gasteiger partial charge in [-0.15, -0.1) is 5.10 Å². The molecule has 1 heterocycles. The van der Waals surface area contributed by atoms with Crippen molar-refractivity contribution in [1.29, 1.82) is 0 Å². The van der Waals surface area contributed by atoms with E-state index in [1.54, 1.807) is 44.3 Å². The Morgan fingerprint density at radius 3 is 2.58 bits per heavy atom. The van der Waals surface area contributed by atoms with Gasteiger partial charge < -0.3 is 4.90 Å². The SMILES string of the molecule is Cc1nc(C(=O)N(C)Cc2cccc(Cl)c2Cl)nn1-c1ccc(F)cc1. The maximum atomic E-state index is 13.1. The van der Waals surface area contributed by atoms with Crippen LogP contribution in [0.4, 0.5) is 4.39 Å². The zero-order chi connectivity index (χ0) is 18.8. The van der Waals surface area contributed by atoms with E-state index in [-0.39, 0.29) is 24.1 Å². The minimum absolute atomic E-state index is 0.0486. The summed E-state index contributed by atoms with van der Waals surface area (Å²) in [6.45, 7) is 1.99. The molecule has 134 valence electrons. The summed E-state index contributed by atoms with van der Waals surface area (Å²) < 4.78 is 14.6. The lowest BCUT2D eigenvalue weighted by molar-refractivity contribution is 0.0773. The normalized spacial score (nSPS) is 10.8. The Morgan fingerprint density at radius 2 is 1.88 bits per heavy atom. The Morgan fingerprint density at radius 1 is 1.19 bits per heavy atom. The van der Waals surface area contributed by atoms with E-state index in [2.05, 4.69) is 10.1 Å². The van der Waals surface area contributed by atoms with Gasteiger partial charge in [-0.2, -0.15) is 0 Å². The highest BCUT2D eigenvalue weighted by Gasteiger charge is 2.20. The molecule has 0 N–H and O–H groups in total. The van der Waals surface area contributed by atoms with Gasteiger partial charge in [0.05, 0.1) is 15.7 Å². The molecule has 8 heteroatoms. The van der Waals surface area contributed by atoms with Crippen LogP contribution in [-0.4, -0.2) is 32.6 Å². The number of benzene rings is 2. The molecule has 0 aliphatic heterocycles. The first-order chi connectivity index (χ1) is 12.4. The highest BCUT2D eigenvalue weighted by molar-refractivity contribution is 6.42. The summed E-state index contributed by atoms with van der Waals surface area (Å²) in [7, 11) is 1.63. The molecule has 1 aromatic heterocycles. The highest BCUT2D eigenvalue weighted by Crippen LogP contribution is 2.26. The van der Waals surface area contributed by atoms with Crippen molar-refractivity contribution in [2.24, 2.45) is 0 Å². The van der Waals surface area contributed by atoms with Crippen molar-refractivity contribution in [2.45, 2.75) is 13.5 Å². The van der Waals surface area contributed by atoms with Gasteiger partial charge in [0.15, 0.2) is 0 Å². The number of hydrogen-bond donors (Lipinski definition) is 0. The molecule has 0 spiro atoms. The van der Waals surface area contributed by atoms with Crippen LogP contribution in [0.15, 0.2) is 42.5 Å². The molecule has 3 aromatic rings. The molecule has 0 radical (unpaired) electrons. The average molecular weight is 393 g/mol. The van der Waals surface area contributed by atoms with Crippen LogP contribution < -0.4 is 0 Å². The fourth-order valence-electron chi connectivity index (χ4n) is 2.48. The molecule has 0 fully saturated rings. The number of rotatable bonds is 4. The smallest absolute Gasteiger partial charge is 0.293 e. The summed E-state index contributed by atoms with van der Waals surface area (Å²) >= 11 is 12.2. The number of halogens is 3. The molecule has 0 atom stereocenters. The van der Waals surface area contributed by atoms with Gasteiger partial charge in [0.25, 0.3) is 5.91 Å². The Hall–Kier alpha value is -2.44. The summed E-state index contributed by atoms with van der Waals surface area (Å²) in [5.74, 6) is -0.132. The Balaban J connectivity index is 1.82. The van der Waals surface area contributed by atoms with E-state index in [9.17, 15) is 9.18 Å². The minimum atomic E-state index is -0.356. The molecule has 3 rings (SSSR count). The van der Waals surface area contributed by atoms with Crippen molar-refractivity contribution in [3.8, 4) is 5.69 Å². The van der Waals surface area contributed by atoms with Crippen LogP contribution in [0, 0.1) is 12.7 Å². The zero-order valence-electron chi connectivity index (χ0n) is 14.1. The van der Waals surface area contributed by atoms with Crippen LogP contribution in [0.3, 0.4) is 0 Å². The lowest BCUT2D eigenvalue weighted by Gasteiger charge is -2.16. The number of aromatic nitrogens is 3. The molecule has 0 unspecified atom stereocenters. The van der Waals surface area contributed by atoms with Crippen molar-refractivity contribution >= 4 is 29.1 Å². The van der Waals surface area contributed by atoms with E-state index in [1.807, 2.05) is 0 Å². The van der Waals surface area contributed by atoms with Crippen LogP contribution in [0.25, 0.3) is 5.69 Å². The van der Waals surface area contributed by atoms with Crippen molar-refractivity contribution in [3.05, 3.63) is 75.5 Å². The second-order valence-corrected chi connectivity index (χ2v) is 6.53. The first-order valence-corrected chi connectivity index (χ1v) is 8.50. The maximum Gasteiger partial charge on any atom is 0.293 e. The number of nitrogens with zero attached hydrogens (tertiary/aromatic N) is 4. The fraction of sp³-hybridized carbons (Fsp3) is 0.167. The molecule has 0 aliphatic carbocycles. The fourth-order valence-corrected chi connectivity index (χ4v) is 2.86. The molecule has 2 aromatic carbocycles. The number of carbonyl (C=O) groups excluding carboxylic acids is 1. The molecule has 5 nitrogen and oxygen atoms in total. The topological polar surface area (TPSA) is 51.0 Å². The standard InChI is InChI=1S/C18H15Cl2FN4O/c1-11-22-17(23-25(11)14-8-6-13(21)7-9-14)18(26)24(2)10-12-4-3-5-15(19)16(12)20/h3-9H,10H2,1-2H3. The van der Waals surface area contributed by atoms with Crippen molar-refractivity contribution in [3.63, 3.8) is 0 Å². The van der Waals surface area contributed by atoms with E-state index < -0.39 is 0 Å². The van der Waals surface area contributed by atoms with Gasteiger partial charge >= 0.3 is 0 Å². The molecule has 0 bridgehead atoms. The molecular formula is C18H15Cl2FN4O. The Bertz CT molecular complexity index is 956. The van der Waals surface area contributed by atoms with Crippen LogP contribution in [0.1, 0.15) is 22.0 Å². The van der Waals surface area contributed by atoms with Gasteiger partial charge in [-0.1, -0.05) is 35.3 Å². The third-order valence-corrected chi connectivity index (χ3v) is 4.68. The lowest BCUT2D eigenvalue weighted by atomic mass is 10.2. The number of carbonyl (C=O) groups is 1. The van der Waals surface area contributed by atoms with Crippen LogP contribution in [0.2, 0.25) is 10.0 Å². The average Bonchev–Trinajstić information content (AvgIpc) is 3.00. The lowest BCUT2D eigenvalue weighted by Crippen LogP contribution is -2.27. The monoisotopic (exact) mass is 392 g/mol. The van der Waals surface area contributed by atoms with Gasteiger partial charge in [0, 0.05) is 13.6 Å². The minimum Gasteiger partial charge on any atom is -0.335 e. The van der Waals surface area contributed by atoms with Gasteiger partial charge in [-0.3, -0.25) is 4.79 Å². The van der Waals surface area contributed by atoms with E-state index in [4.69, 9.17) is 23.2 Å². The Kier molecular flexibility index (Phi) is 5.25. The van der Waals surface area contributed by atoms with Crippen LogP contribution in [-0.2, 0) is 6.54 Å². The van der Waals surface area contributed by atoms with Gasteiger partial charge in [0.2, 0.25) is 5.82 Å². The molecule has 0 saturated carbocycles. The number of amides is 1. The molecule has 0 saturated heterocycles. The van der Waals surface area contributed by atoms with Crippen LogP contribution >= 0.6 is 23.2 Å². The summed E-state index contributed by atoms with van der Waals surface area (Å²) in [5, 5.41) is 5.09. The van der Waals surface area contributed by atoms with E-state index >= 15 is 0 Å². The predicted molar refractivity (Wildman–Crippen MR) is 98.3 cm³/mol. The zero-order valence-corrected chi connectivity index (χ0v) is 15.6. The second kappa shape index (κ2) is 7.43. The van der Waals surface area contributed by atoms with E-state index in [1.165, 1.54) is 21.7 Å². The maximum absolute atomic E-state index is 13.1. The third-order valence-electron chi connectivity index (χ3n) is 3.82. The third kappa shape index (κ3) is 3.71. The number of hydrogen-bond acceptors (Lipinski definition) is 3. The molecule has 26 heavy (non-hydrogen) atoms.